The van der Waals surface area contributed by atoms with Gasteiger partial charge in [-0.2, -0.15) is 0 Å². The zero-order valence-corrected chi connectivity index (χ0v) is 11.2. The van der Waals surface area contributed by atoms with Gasteiger partial charge in [-0.25, -0.2) is 4.39 Å². The summed E-state index contributed by atoms with van der Waals surface area (Å²) in [5.41, 5.74) is 1.08. The number of piperidine rings is 1. The van der Waals surface area contributed by atoms with Crippen LogP contribution in [0.3, 0.4) is 0 Å². The molecule has 2 rings (SSSR count). The Bertz CT molecular complexity index is 441. The molecule has 18 heavy (non-hydrogen) atoms. The van der Waals surface area contributed by atoms with Crippen LogP contribution in [0.25, 0.3) is 0 Å². The average Bonchev–Trinajstić information content (AvgIpc) is 2.41. The number of nitrogens with zero attached hydrogens (tertiary/aromatic N) is 1. The molecule has 1 amide bonds. The number of carbonyl (C=O) groups excluding carboxylic acids is 1. The Hall–Kier alpha value is -1.09. The molecule has 0 aliphatic carbocycles. The predicted octanol–water partition coefficient (Wildman–Crippen LogP) is 3.23. The van der Waals surface area contributed by atoms with Gasteiger partial charge in [0.25, 0.3) is 5.91 Å². The molecule has 4 heteroatoms. The number of likely N-dealkylation sites (tertiary alicyclic amines) is 1. The molecule has 98 valence electrons. The zero-order chi connectivity index (χ0) is 13.1. The number of hydrogen-bond acceptors (Lipinski definition) is 1. The average molecular weight is 270 g/mol. The zero-order valence-electron chi connectivity index (χ0n) is 10.5. The van der Waals surface area contributed by atoms with Crippen LogP contribution in [0.5, 0.6) is 0 Å². The number of aryl methyl sites for hydroxylation is 1. The highest BCUT2D eigenvalue weighted by Gasteiger charge is 2.23. The van der Waals surface area contributed by atoms with Crippen LogP contribution in [-0.2, 0) is 0 Å². The lowest BCUT2D eigenvalue weighted by Gasteiger charge is -2.31. The van der Waals surface area contributed by atoms with Crippen molar-refractivity contribution in [2.75, 3.05) is 19.0 Å². The third-order valence-corrected chi connectivity index (χ3v) is 3.96. The number of hydrogen-bond donors (Lipinski definition) is 0. The molecule has 1 heterocycles. The molecule has 0 saturated carbocycles. The van der Waals surface area contributed by atoms with E-state index in [0.29, 0.717) is 22.9 Å². The van der Waals surface area contributed by atoms with Crippen LogP contribution in [0.2, 0.25) is 0 Å². The number of amides is 1. The van der Waals surface area contributed by atoms with Crippen molar-refractivity contribution in [1.82, 2.24) is 4.90 Å². The van der Waals surface area contributed by atoms with Crippen LogP contribution < -0.4 is 0 Å². The lowest BCUT2D eigenvalue weighted by Crippen LogP contribution is -2.38. The molecule has 0 unspecified atom stereocenters. The molecule has 1 aliphatic rings. The van der Waals surface area contributed by atoms with E-state index in [1.165, 1.54) is 6.07 Å². The van der Waals surface area contributed by atoms with E-state index >= 15 is 0 Å². The molecule has 1 aromatic rings. The van der Waals surface area contributed by atoms with Gasteiger partial charge in [0, 0.05) is 24.5 Å². The highest BCUT2D eigenvalue weighted by Crippen LogP contribution is 2.20. The first-order valence-electron chi connectivity index (χ1n) is 6.23. The number of alkyl halides is 1. The van der Waals surface area contributed by atoms with Crippen molar-refractivity contribution in [3.63, 3.8) is 0 Å². The maximum atomic E-state index is 13.2. The van der Waals surface area contributed by atoms with Crippen LogP contribution in [-0.4, -0.2) is 29.8 Å². The Labute approximate surface area is 112 Å². The van der Waals surface area contributed by atoms with Gasteiger partial charge in [0.05, 0.1) is 0 Å². The minimum Gasteiger partial charge on any atom is -0.339 e. The molecule has 1 fully saturated rings. The molecule has 0 bridgehead atoms. The van der Waals surface area contributed by atoms with Crippen LogP contribution >= 0.6 is 11.6 Å². The van der Waals surface area contributed by atoms with Gasteiger partial charge in [-0.15, -0.1) is 11.6 Å². The Morgan fingerprint density at radius 2 is 2.11 bits per heavy atom. The highest BCUT2D eigenvalue weighted by atomic mass is 35.5. The van der Waals surface area contributed by atoms with Crippen molar-refractivity contribution in [1.29, 1.82) is 0 Å². The predicted molar refractivity (Wildman–Crippen MR) is 70.5 cm³/mol. The summed E-state index contributed by atoms with van der Waals surface area (Å²) in [5.74, 6) is 0.904. The largest absolute Gasteiger partial charge is 0.339 e. The maximum absolute atomic E-state index is 13.2. The second-order valence-electron chi connectivity index (χ2n) is 4.85. The number of carbonyl (C=O) groups is 1. The quantitative estimate of drug-likeness (QED) is 0.755. The monoisotopic (exact) mass is 269 g/mol. The smallest absolute Gasteiger partial charge is 0.253 e. The normalized spacial score (nSPS) is 16.9. The molecule has 1 aromatic carbocycles. The standard InChI is InChI=1S/C14H17ClFNO/c1-10-8-12(2-3-13(10)16)14(18)17-6-4-11(9-15)5-7-17/h2-3,8,11H,4-7,9H2,1H3. The summed E-state index contributed by atoms with van der Waals surface area (Å²) in [6.07, 6.45) is 1.91. The van der Waals surface area contributed by atoms with E-state index in [9.17, 15) is 9.18 Å². The maximum Gasteiger partial charge on any atom is 0.253 e. The second-order valence-corrected chi connectivity index (χ2v) is 5.16. The van der Waals surface area contributed by atoms with Gasteiger partial charge < -0.3 is 4.90 Å². The second kappa shape index (κ2) is 5.70. The van der Waals surface area contributed by atoms with E-state index < -0.39 is 0 Å². The summed E-state index contributed by atoms with van der Waals surface area (Å²) in [7, 11) is 0. The molecule has 1 aliphatic heterocycles. The third-order valence-electron chi connectivity index (χ3n) is 3.52. The van der Waals surface area contributed by atoms with E-state index in [0.717, 1.165) is 25.9 Å². The van der Waals surface area contributed by atoms with Crippen molar-refractivity contribution in [2.45, 2.75) is 19.8 Å². The SMILES string of the molecule is Cc1cc(C(=O)N2CCC(CCl)CC2)ccc1F. The number of halogens is 2. The molecule has 0 radical (unpaired) electrons. The van der Waals surface area contributed by atoms with Gasteiger partial charge in [-0.3, -0.25) is 4.79 Å². The Kier molecular flexibility index (Phi) is 4.23. The van der Waals surface area contributed by atoms with Crippen LogP contribution in [0.4, 0.5) is 4.39 Å². The molecule has 0 N–H and O–H groups in total. The fraction of sp³-hybridized carbons (Fsp3) is 0.500. The molecule has 0 aromatic heterocycles. The molecular formula is C14H17ClFNO. The fourth-order valence-electron chi connectivity index (χ4n) is 2.25. The molecule has 0 spiro atoms. The van der Waals surface area contributed by atoms with Crippen molar-refractivity contribution in [3.8, 4) is 0 Å². The molecule has 2 nitrogen and oxygen atoms in total. The lowest BCUT2D eigenvalue weighted by molar-refractivity contribution is 0.0698. The number of benzene rings is 1. The van der Waals surface area contributed by atoms with E-state index in [4.69, 9.17) is 11.6 Å². The van der Waals surface area contributed by atoms with E-state index in [-0.39, 0.29) is 11.7 Å². The summed E-state index contributed by atoms with van der Waals surface area (Å²) in [5, 5.41) is 0. The van der Waals surface area contributed by atoms with Crippen LogP contribution in [0.1, 0.15) is 28.8 Å². The summed E-state index contributed by atoms with van der Waals surface area (Å²) < 4.78 is 13.2. The summed E-state index contributed by atoms with van der Waals surface area (Å²) >= 11 is 5.82. The first-order chi connectivity index (χ1) is 8.61. The first kappa shape index (κ1) is 13.3. The van der Waals surface area contributed by atoms with Crippen LogP contribution in [0.15, 0.2) is 18.2 Å². The van der Waals surface area contributed by atoms with Gasteiger partial charge in [0.15, 0.2) is 0 Å². The van der Waals surface area contributed by atoms with Gasteiger partial charge in [-0.05, 0) is 49.4 Å². The molecule has 1 saturated heterocycles. The van der Waals surface area contributed by atoms with Gasteiger partial charge in [0.1, 0.15) is 5.82 Å². The third kappa shape index (κ3) is 2.83. The summed E-state index contributed by atoms with van der Waals surface area (Å²) in [6, 6.07) is 4.53. The first-order valence-corrected chi connectivity index (χ1v) is 6.76. The van der Waals surface area contributed by atoms with E-state index in [1.807, 2.05) is 4.90 Å². The Balaban J connectivity index is 2.05. The minimum absolute atomic E-state index is 0.00822. The summed E-state index contributed by atoms with van der Waals surface area (Å²) in [4.78, 5) is 14.1. The Morgan fingerprint density at radius 1 is 1.44 bits per heavy atom. The van der Waals surface area contributed by atoms with Crippen molar-refractivity contribution in [3.05, 3.63) is 35.1 Å². The van der Waals surface area contributed by atoms with Crippen molar-refractivity contribution >= 4 is 17.5 Å². The molecule has 0 atom stereocenters. The van der Waals surface area contributed by atoms with Crippen molar-refractivity contribution in [2.24, 2.45) is 5.92 Å². The van der Waals surface area contributed by atoms with E-state index in [2.05, 4.69) is 0 Å². The van der Waals surface area contributed by atoms with E-state index in [1.54, 1.807) is 19.1 Å². The Morgan fingerprint density at radius 3 is 2.67 bits per heavy atom. The fourth-order valence-corrected chi connectivity index (χ4v) is 2.56. The van der Waals surface area contributed by atoms with Gasteiger partial charge in [-0.1, -0.05) is 0 Å². The molecular weight excluding hydrogens is 253 g/mol. The minimum atomic E-state index is -0.271. The van der Waals surface area contributed by atoms with Crippen molar-refractivity contribution < 1.29 is 9.18 Å². The number of rotatable bonds is 2. The van der Waals surface area contributed by atoms with Gasteiger partial charge >= 0.3 is 0 Å². The van der Waals surface area contributed by atoms with Gasteiger partial charge in [0.2, 0.25) is 0 Å². The van der Waals surface area contributed by atoms with Crippen LogP contribution in [0, 0.1) is 18.7 Å². The highest BCUT2D eigenvalue weighted by molar-refractivity contribution is 6.18. The topological polar surface area (TPSA) is 20.3 Å². The summed E-state index contributed by atoms with van der Waals surface area (Å²) in [6.45, 7) is 3.16. The lowest BCUT2D eigenvalue weighted by atomic mass is 9.98.